The number of anilines is 1. The zero-order valence-corrected chi connectivity index (χ0v) is 9.36. The predicted octanol–water partition coefficient (Wildman–Crippen LogP) is 1.70. The van der Waals surface area contributed by atoms with Crippen LogP contribution >= 0.6 is 0 Å². The number of likely N-dealkylation sites (tertiary alicyclic amines) is 1. The lowest BCUT2D eigenvalue weighted by Gasteiger charge is -2.15. The van der Waals surface area contributed by atoms with Gasteiger partial charge in [0.25, 0.3) is 0 Å². The van der Waals surface area contributed by atoms with Gasteiger partial charge in [-0.05, 0) is 38.2 Å². The first-order chi connectivity index (χ1) is 7.20. The molecule has 2 rings (SSSR count). The van der Waals surface area contributed by atoms with Crippen LogP contribution in [0.25, 0.3) is 0 Å². The van der Waals surface area contributed by atoms with Crippen molar-refractivity contribution in [3.63, 3.8) is 0 Å². The highest BCUT2D eigenvalue weighted by Gasteiger charge is 2.23. The Morgan fingerprint density at radius 2 is 2.27 bits per heavy atom. The van der Waals surface area contributed by atoms with Gasteiger partial charge < -0.3 is 15.4 Å². The summed E-state index contributed by atoms with van der Waals surface area (Å²) in [6.45, 7) is 2.25. The van der Waals surface area contributed by atoms with Crippen molar-refractivity contribution in [1.29, 1.82) is 0 Å². The molecular formula is C12H18N2O. The maximum Gasteiger partial charge on any atom is 0.122 e. The Labute approximate surface area is 90.8 Å². The molecule has 1 saturated heterocycles. The molecule has 0 amide bonds. The number of hydrogen-bond donors (Lipinski definition) is 1. The van der Waals surface area contributed by atoms with E-state index in [2.05, 4.69) is 11.9 Å². The molecule has 82 valence electrons. The van der Waals surface area contributed by atoms with Crippen molar-refractivity contribution in [2.75, 3.05) is 33.0 Å². The number of nitrogen functional groups attached to an aromatic ring is 1. The molecule has 1 atom stereocenters. The fourth-order valence-corrected chi connectivity index (χ4v) is 2.26. The fourth-order valence-electron chi connectivity index (χ4n) is 2.26. The van der Waals surface area contributed by atoms with Gasteiger partial charge in [-0.15, -0.1) is 0 Å². The second-order valence-electron chi connectivity index (χ2n) is 4.25. The van der Waals surface area contributed by atoms with Crippen molar-refractivity contribution in [3.05, 3.63) is 23.8 Å². The smallest absolute Gasteiger partial charge is 0.122 e. The number of nitrogens with two attached hydrogens (primary N) is 1. The molecule has 0 aliphatic carbocycles. The first-order valence-corrected chi connectivity index (χ1v) is 5.32. The summed E-state index contributed by atoms with van der Waals surface area (Å²) < 4.78 is 5.37. The molecule has 1 fully saturated rings. The molecule has 2 N–H and O–H groups in total. The lowest BCUT2D eigenvalue weighted by molar-refractivity contribution is 0.395. The Hall–Kier alpha value is -1.22. The molecule has 15 heavy (non-hydrogen) atoms. The minimum absolute atomic E-state index is 0.563. The second kappa shape index (κ2) is 4.11. The van der Waals surface area contributed by atoms with Gasteiger partial charge in [0, 0.05) is 23.7 Å². The summed E-state index contributed by atoms with van der Waals surface area (Å²) in [7, 11) is 3.87. The summed E-state index contributed by atoms with van der Waals surface area (Å²) in [5.74, 6) is 1.53. The van der Waals surface area contributed by atoms with Crippen molar-refractivity contribution in [1.82, 2.24) is 4.90 Å². The van der Waals surface area contributed by atoms with E-state index in [1.807, 2.05) is 18.2 Å². The minimum atomic E-state index is 0.563. The van der Waals surface area contributed by atoms with Gasteiger partial charge >= 0.3 is 0 Å². The fraction of sp³-hybridized carbons (Fsp3) is 0.500. The average Bonchev–Trinajstić information content (AvgIpc) is 2.65. The summed E-state index contributed by atoms with van der Waals surface area (Å²) in [6, 6.07) is 5.90. The third-order valence-corrected chi connectivity index (χ3v) is 3.08. The first-order valence-electron chi connectivity index (χ1n) is 5.32. The van der Waals surface area contributed by atoms with E-state index in [0.29, 0.717) is 5.92 Å². The van der Waals surface area contributed by atoms with Gasteiger partial charge in [-0.2, -0.15) is 0 Å². The van der Waals surface area contributed by atoms with E-state index in [9.17, 15) is 0 Å². The van der Waals surface area contributed by atoms with Gasteiger partial charge in [0.05, 0.1) is 7.11 Å². The summed E-state index contributed by atoms with van der Waals surface area (Å²) in [5.41, 5.74) is 7.89. The number of ether oxygens (including phenoxy) is 1. The Balaban J connectivity index is 2.29. The van der Waals surface area contributed by atoms with Crippen LogP contribution in [0.1, 0.15) is 17.9 Å². The number of rotatable bonds is 2. The minimum Gasteiger partial charge on any atom is -0.496 e. The molecule has 0 aromatic heterocycles. The zero-order valence-electron chi connectivity index (χ0n) is 9.36. The van der Waals surface area contributed by atoms with Gasteiger partial charge in [0.2, 0.25) is 0 Å². The quantitative estimate of drug-likeness (QED) is 0.748. The lowest BCUT2D eigenvalue weighted by Crippen LogP contribution is -2.13. The summed E-state index contributed by atoms with van der Waals surface area (Å²) in [6.07, 6.45) is 1.19. The van der Waals surface area contributed by atoms with Crippen molar-refractivity contribution >= 4 is 5.69 Å². The third-order valence-electron chi connectivity index (χ3n) is 3.08. The van der Waals surface area contributed by atoms with Crippen LogP contribution in [0.5, 0.6) is 5.75 Å². The molecule has 1 aliphatic rings. The normalized spacial score (nSPS) is 21.9. The molecule has 0 saturated carbocycles. The van der Waals surface area contributed by atoms with Gasteiger partial charge in [-0.25, -0.2) is 0 Å². The topological polar surface area (TPSA) is 38.5 Å². The largest absolute Gasteiger partial charge is 0.496 e. The lowest BCUT2D eigenvalue weighted by atomic mass is 9.97. The molecule has 1 unspecified atom stereocenters. The van der Waals surface area contributed by atoms with E-state index in [1.54, 1.807) is 7.11 Å². The first kappa shape index (κ1) is 10.3. The number of likely N-dealkylation sites (N-methyl/N-ethyl adjacent to an activating group) is 1. The van der Waals surface area contributed by atoms with E-state index >= 15 is 0 Å². The Bertz CT molecular complexity index is 351. The van der Waals surface area contributed by atoms with Crippen LogP contribution < -0.4 is 10.5 Å². The van der Waals surface area contributed by atoms with Gasteiger partial charge in [0.15, 0.2) is 0 Å². The SMILES string of the molecule is COc1ccc(N)cc1C1CCN(C)C1. The van der Waals surface area contributed by atoms with E-state index in [0.717, 1.165) is 24.5 Å². The molecule has 1 heterocycles. The van der Waals surface area contributed by atoms with Crippen LogP contribution in [0.4, 0.5) is 5.69 Å². The van der Waals surface area contributed by atoms with E-state index in [-0.39, 0.29) is 0 Å². The van der Waals surface area contributed by atoms with Gasteiger partial charge in [-0.3, -0.25) is 0 Å². The highest BCUT2D eigenvalue weighted by molar-refractivity contribution is 5.49. The summed E-state index contributed by atoms with van der Waals surface area (Å²) >= 11 is 0. The standard InChI is InChI=1S/C12H18N2O/c1-14-6-5-9(8-14)11-7-10(13)3-4-12(11)15-2/h3-4,7,9H,5-6,8,13H2,1-2H3. The van der Waals surface area contributed by atoms with Crippen molar-refractivity contribution in [2.24, 2.45) is 0 Å². The van der Waals surface area contributed by atoms with E-state index in [1.165, 1.54) is 12.0 Å². The van der Waals surface area contributed by atoms with Crippen molar-refractivity contribution in [2.45, 2.75) is 12.3 Å². The molecular weight excluding hydrogens is 188 g/mol. The van der Waals surface area contributed by atoms with Gasteiger partial charge in [-0.1, -0.05) is 0 Å². The summed E-state index contributed by atoms with van der Waals surface area (Å²) in [5, 5.41) is 0. The van der Waals surface area contributed by atoms with Crippen LogP contribution in [-0.4, -0.2) is 32.1 Å². The van der Waals surface area contributed by atoms with Gasteiger partial charge in [0.1, 0.15) is 5.75 Å². The van der Waals surface area contributed by atoms with Crippen molar-refractivity contribution in [3.8, 4) is 5.75 Å². The maximum absolute atomic E-state index is 5.82. The van der Waals surface area contributed by atoms with Crippen LogP contribution in [0.3, 0.4) is 0 Å². The number of nitrogens with zero attached hydrogens (tertiary/aromatic N) is 1. The Morgan fingerprint density at radius 1 is 1.47 bits per heavy atom. The molecule has 1 aromatic rings. The van der Waals surface area contributed by atoms with E-state index < -0.39 is 0 Å². The number of benzene rings is 1. The number of hydrogen-bond acceptors (Lipinski definition) is 3. The molecule has 0 radical (unpaired) electrons. The molecule has 0 spiro atoms. The molecule has 3 heteroatoms. The summed E-state index contributed by atoms with van der Waals surface area (Å²) in [4.78, 5) is 2.34. The molecule has 0 bridgehead atoms. The maximum atomic E-state index is 5.82. The van der Waals surface area contributed by atoms with Crippen LogP contribution in [0, 0.1) is 0 Å². The monoisotopic (exact) mass is 206 g/mol. The highest BCUT2D eigenvalue weighted by Crippen LogP contribution is 2.34. The van der Waals surface area contributed by atoms with Crippen LogP contribution in [-0.2, 0) is 0 Å². The Kier molecular flexibility index (Phi) is 2.82. The predicted molar refractivity (Wildman–Crippen MR) is 62.3 cm³/mol. The van der Waals surface area contributed by atoms with E-state index in [4.69, 9.17) is 10.5 Å². The average molecular weight is 206 g/mol. The number of methoxy groups -OCH3 is 1. The molecule has 1 aliphatic heterocycles. The molecule has 1 aromatic carbocycles. The molecule has 3 nitrogen and oxygen atoms in total. The highest BCUT2D eigenvalue weighted by atomic mass is 16.5. The van der Waals surface area contributed by atoms with Crippen LogP contribution in [0.15, 0.2) is 18.2 Å². The Morgan fingerprint density at radius 3 is 2.87 bits per heavy atom. The van der Waals surface area contributed by atoms with Crippen LogP contribution in [0.2, 0.25) is 0 Å². The zero-order chi connectivity index (χ0) is 10.8. The van der Waals surface area contributed by atoms with Crippen molar-refractivity contribution < 1.29 is 4.74 Å². The third kappa shape index (κ3) is 2.07. The second-order valence-corrected chi connectivity index (χ2v) is 4.25.